The summed E-state index contributed by atoms with van der Waals surface area (Å²) in [5, 5.41) is 11.2. The molecule has 1 amide bonds. The molecule has 0 radical (unpaired) electrons. The molecule has 33 heavy (non-hydrogen) atoms. The lowest BCUT2D eigenvalue weighted by molar-refractivity contribution is -0.136. The first-order valence-corrected chi connectivity index (χ1v) is 12.8. The van der Waals surface area contributed by atoms with Crippen molar-refractivity contribution in [1.82, 2.24) is 9.03 Å². The largest absolute Gasteiger partial charge is 0.481 e. The second-order valence-electron chi connectivity index (χ2n) is 7.28. The maximum absolute atomic E-state index is 13.2. The van der Waals surface area contributed by atoms with Crippen molar-refractivity contribution in [2.45, 2.75) is 35.1 Å². The summed E-state index contributed by atoms with van der Waals surface area (Å²) < 4.78 is 66.6. The third-order valence-corrected chi connectivity index (χ3v) is 8.39. The number of carboxylic acids is 1. The van der Waals surface area contributed by atoms with Crippen LogP contribution in [0.2, 0.25) is 0 Å². The molecule has 0 unspecified atom stereocenters. The van der Waals surface area contributed by atoms with Crippen molar-refractivity contribution in [3.05, 3.63) is 54.3 Å². The molecule has 178 valence electrons. The van der Waals surface area contributed by atoms with Gasteiger partial charge in [0, 0.05) is 18.8 Å². The summed E-state index contributed by atoms with van der Waals surface area (Å²) in [6, 6.07) is 8.54. The number of hydrogen-bond donors (Lipinski definition) is 3. The maximum atomic E-state index is 13.2. The van der Waals surface area contributed by atoms with Gasteiger partial charge in [-0.3, -0.25) is 9.59 Å². The minimum atomic E-state index is -4.01. The molecule has 0 aliphatic carbocycles. The van der Waals surface area contributed by atoms with Gasteiger partial charge in [0.25, 0.3) is 0 Å². The molecule has 0 saturated carbocycles. The molecule has 2 aromatic carbocycles. The van der Waals surface area contributed by atoms with E-state index in [0.29, 0.717) is 12.8 Å². The maximum Gasteiger partial charge on any atom is 0.304 e. The zero-order valence-corrected chi connectivity index (χ0v) is 18.9. The number of halogens is 1. The van der Waals surface area contributed by atoms with E-state index in [9.17, 15) is 30.8 Å². The minimum absolute atomic E-state index is 0.117. The summed E-state index contributed by atoms with van der Waals surface area (Å²) in [6.45, 7) is -0.132. The number of nitrogens with one attached hydrogen (secondary N) is 2. The van der Waals surface area contributed by atoms with E-state index in [1.807, 2.05) is 0 Å². The molecular formula is C20H22FN3O7S2. The van der Waals surface area contributed by atoms with Gasteiger partial charge in [0.2, 0.25) is 26.0 Å². The van der Waals surface area contributed by atoms with Crippen LogP contribution in [0.1, 0.15) is 19.3 Å². The zero-order chi connectivity index (χ0) is 24.2. The lowest BCUT2D eigenvalue weighted by Crippen LogP contribution is -2.43. The van der Waals surface area contributed by atoms with Gasteiger partial charge < -0.3 is 10.4 Å². The van der Waals surface area contributed by atoms with Gasteiger partial charge in [0.15, 0.2) is 0 Å². The lowest BCUT2D eigenvalue weighted by Gasteiger charge is -2.23. The Morgan fingerprint density at radius 3 is 2.21 bits per heavy atom. The van der Waals surface area contributed by atoms with Crippen LogP contribution in [0, 0.1) is 5.82 Å². The fraction of sp³-hybridized carbons (Fsp3) is 0.300. The lowest BCUT2D eigenvalue weighted by atomic mass is 10.2. The summed E-state index contributed by atoms with van der Waals surface area (Å²) in [6.07, 6.45) is 0.399. The normalized spacial score (nSPS) is 17.1. The van der Waals surface area contributed by atoms with Crippen molar-refractivity contribution in [1.29, 1.82) is 0 Å². The third-order valence-electron chi connectivity index (χ3n) is 4.99. The van der Waals surface area contributed by atoms with Crippen molar-refractivity contribution in [3.8, 4) is 0 Å². The predicted molar refractivity (Wildman–Crippen MR) is 116 cm³/mol. The second kappa shape index (κ2) is 9.95. The van der Waals surface area contributed by atoms with Gasteiger partial charge in [-0.25, -0.2) is 25.9 Å². The van der Waals surface area contributed by atoms with Gasteiger partial charge in [0.05, 0.1) is 16.2 Å². The number of anilines is 1. The molecule has 0 spiro atoms. The first-order valence-electron chi connectivity index (χ1n) is 9.90. The van der Waals surface area contributed by atoms with Gasteiger partial charge in [-0.15, -0.1) is 0 Å². The fourth-order valence-corrected chi connectivity index (χ4v) is 6.04. The molecule has 2 aromatic rings. The Morgan fingerprint density at radius 2 is 1.61 bits per heavy atom. The monoisotopic (exact) mass is 499 g/mol. The number of rotatable bonds is 9. The van der Waals surface area contributed by atoms with E-state index in [0.717, 1.165) is 28.6 Å². The molecule has 1 aliphatic rings. The van der Waals surface area contributed by atoms with Crippen LogP contribution >= 0.6 is 0 Å². The average molecular weight is 500 g/mol. The highest BCUT2D eigenvalue weighted by Crippen LogP contribution is 2.27. The van der Waals surface area contributed by atoms with Gasteiger partial charge in [0.1, 0.15) is 11.9 Å². The first-order chi connectivity index (χ1) is 15.5. The zero-order valence-electron chi connectivity index (χ0n) is 17.3. The number of amides is 1. The quantitative estimate of drug-likeness (QED) is 0.472. The molecule has 0 bridgehead atoms. The molecule has 1 fully saturated rings. The molecule has 3 rings (SSSR count). The number of nitrogens with zero attached hydrogens (tertiary/aromatic N) is 1. The standard InChI is InChI=1S/C20H22FN3O7S2/c21-14-3-7-17(8-4-14)33(30,31)24-13-1-2-18(24)20(27)23-15-5-9-16(10-6-15)32(28,29)22-12-11-19(25)26/h3-10,18,22H,1-2,11-13H2,(H,23,27)(H,25,26)/t18-/m0/s1. The molecule has 3 N–H and O–H groups in total. The van der Waals surface area contributed by atoms with E-state index in [4.69, 9.17) is 5.11 Å². The average Bonchev–Trinajstić information content (AvgIpc) is 3.25. The van der Waals surface area contributed by atoms with Crippen LogP contribution in [-0.2, 0) is 29.6 Å². The van der Waals surface area contributed by atoms with Crippen LogP contribution in [0.15, 0.2) is 58.3 Å². The number of carboxylic acid groups (broad SMARTS) is 1. The van der Waals surface area contributed by atoms with Crippen molar-refractivity contribution < 1.29 is 35.9 Å². The smallest absolute Gasteiger partial charge is 0.304 e. The second-order valence-corrected chi connectivity index (χ2v) is 10.9. The van der Waals surface area contributed by atoms with Crippen LogP contribution in [0.3, 0.4) is 0 Å². The molecule has 0 aromatic heterocycles. The highest BCUT2D eigenvalue weighted by Gasteiger charge is 2.39. The number of benzene rings is 2. The van der Waals surface area contributed by atoms with E-state index < -0.39 is 43.8 Å². The van der Waals surface area contributed by atoms with Crippen LogP contribution in [0.4, 0.5) is 10.1 Å². The SMILES string of the molecule is O=C(O)CCNS(=O)(=O)c1ccc(NC(=O)[C@@H]2CCCN2S(=O)(=O)c2ccc(F)cc2)cc1. The Hall–Kier alpha value is -2.87. The van der Waals surface area contributed by atoms with E-state index in [-0.39, 0.29) is 35.0 Å². The Kier molecular flexibility index (Phi) is 7.47. The number of aliphatic carboxylic acids is 1. The van der Waals surface area contributed by atoms with E-state index in [1.165, 1.54) is 24.3 Å². The number of sulfonamides is 2. The molecule has 10 nitrogen and oxygen atoms in total. The number of hydrogen-bond acceptors (Lipinski definition) is 6. The highest BCUT2D eigenvalue weighted by molar-refractivity contribution is 7.89. The summed E-state index contributed by atoms with van der Waals surface area (Å²) in [4.78, 5) is 23.1. The van der Waals surface area contributed by atoms with Crippen LogP contribution in [-0.4, -0.2) is 57.3 Å². The topological polar surface area (TPSA) is 150 Å². The van der Waals surface area contributed by atoms with Crippen molar-refractivity contribution in [2.75, 3.05) is 18.4 Å². The highest BCUT2D eigenvalue weighted by atomic mass is 32.2. The van der Waals surface area contributed by atoms with Crippen molar-refractivity contribution >= 4 is 37.6 Å². The molecule has 13 heteroatoms. The van der Waals surface area contributed by atoms with Gasteiger partial charge >= 0.3 is 5.97 Å². The number of carbonyl (C=O) groups is 2. The first kappa shape index (κ1) is 24.8. The third kappa shape index (κ3) is 5.93. The van der Waals surface area contributed by atoms with Gasteiger partial charge in [-0.2, -0.15) is 4.31 Å². The van der Waals surface area contributed by atoms with Crippen molar-refractivity contribution in [2.24, 2.45) is 0 Å². The Morgan fingerprint density at radius 1 is 1.00 bits per heavy atom. The fourth-order valence-electron chi connectivity index (χ4n) is 3.35. The summed E-state index contributed by atoms with van der Waals surface area (Å²) >= 11 is 0. The molecule has 1 saturated heterocycles. The molecule has 1 heterocycles. The van der Waals surface area contributed by atoms with Crippen molar-refractivity contribution in [3.63, 3.8) is 0 Å². The van der Waals surface area contributed by atoms with Crippen LogP contribution in [0.5, 0.6) is 0 Å². The summed E-state index contributed by atoms with van der Waals surface area (Å²) in [5.74, 6) is -2.29. The van der Waals surface area contributed by atoms with Gasteiger partial charge in [-0.1, -0.05) is 0 Å². The molecule has 1 atom stereocenters. The van der Waals surface area contributed by atoms with Crippen LogP contribution < -0.4 is 10.0 Å². The summed E-state index contributed by atoms with van der Waals surface area (Å²) in [7, 11) is -7.93. The molecular weight excluding hydrogens is 477 g/mol. The Bertz CT molecular complexity index is 1230. The Labute approximate surface area is 190 Å². The number of carbonyl (C=O) groups excluding carboxylic acids is 1. The van der Waals surface area contributed by atoms with E-state index >= 15 is 0 Å². The van der Waals surface area contributed by atoms with Crippen LogP contribution in [0.25, 0.3) is 0 Å². The predicted octanol–water partition coefficient (Wildman–Crippen LogP) is 1.37. The van der Waals surface area contributed by atoms with E-state index in [2.05, 4.69) is 10.0 Å². The Balaban J connectivity index is 1.69. The summed E-state index contributed by atoms with van der Waals surface area (Å²) in [5.41, 5.74) is 0.260. The van der Waals surface area contributed by atoms with Gasteiger partial charge in [-0.05, 0) is 61.4 Å². The van der Waals surface area contributed by atoms with E-state index in [1.54, 1.807) is 0 Å². The minimum Gasteiger partial charge on any atom is -0.481 e. The molecule has 1 aliphatic heterocycles.